The van der Waals surface area contributed by atoms with Crippen molar-refractivity contribution < 1.29 is 0 Å². The molecule has 3 aromatic rings. The van der Waals surface area contributed by atoms with Gasteiger partial charge in [-0.3, -0.25) is 9.97 Å². The van der Waals surface area contributed by atoms with Gasteiger partial charge in [0.1, 0.15) is 0 Å². The highest BCUT2D eigenvalue weighted by Gasteiger charge is 2.16. The second-order valence-electron chi connectivity index (χ2n) is 7.07. The molecule has 1 atom stereocenters. The Balaban J connectivity index is 1.72. The van der Waals surface area contributed by atoms with E-state index in [1.807, 2.05) is 56.6 Å². The molecule has 0 saturated heterocycles. The van der Waals surface area contributed by atoms with Crippen LogP contribution in [0.4, 0.5) is 5.95 Å². The Morgan fingerprint density at radius 3 is 2.76 bits per heavy atom. The van der Waals surface area contributed by atoms with Crippen molar-refractivity contribution in [1.82, 2.24) is 19.9 Å². The SMILES string of the molecule is Cc1cnccc1-c1cnc(NCC2=CC=CC(Cl)C2)nc1-c1cccnc1C. The third-order valence-corrected chi connectivity index (χ3v) is 5.24. The maximum absolute atomic E-state index is 6.22. The molecule has 146 valence electrons. The molecule has 5 nitrogen and oxygen atoms in total. The first-order chi connectivity index (χ1) is 14.1. The molecule has 1 unspecified atom stereocenters. The lowest BCUT2D eigenvalue weighted by Gasteiger charge is -2.16. The summed E-state index contributed by atoms with van der Waals surface area (Å²) >= 11 is 6.22. The normalized spacial score (nSPS) is 15.8. The van der Waals surface area contributed by atoms with Gasteiger partial charge in [-0.2, -0.15) is 0 Å². The van der Waals surface area contributed by atoms with Crippen LogP contribution in [0.3, 0.4) is 0 Å². The number of alkyl halides is 1. The average molecular weight is 404 g/mol. The Hall–Kier alpha value is -3.05. The first-order valence-electron chi connectivity index (χ1n) is 9.56. The van der Waals surface area contributed by atoms with Gasteiger partial charge in [0.25, 0.3) is 0 Å². The fraction of sp³-hybridized carbons (Fsp3) is 0.217. The highest BCUT2D eigenvalue weighted by molar-refractivity contribution is 6.22. The van der Waals surface area contributed by atoms with Gasteiger partial charge in [-0.15, -0.1) is 11.6 Å². The smallest absolute Gasteiger partial charge is 0.223 e. The van der Waals surface area contributed by atoms with Crippen molar-refractivity contribution >= 4 is 17.5 Å². The lowest BCUT2D eigenvalue weighted by atomic mass is 9.98. The molecule has 0 fully saturated rings. The predicted molar refractivity (Wildman–Crippen MR) is 118 cm³/mol. The summed E-state index contributed by atoms with van der Waals surface area (Å²) in [6.45, 7) is 4.69. The fourth-order valence-electron chi connectivity index (χ4n) is 3.40. The summed E-state index contributed by atoms with van der Waals surface area (Å²) < 4.78 is 0. The van der Waals surface area contributed by atoms with E-state index >= 15 is 0 Å². The molecule has 1 aliphatic carbocycles. The van der Waals surface area contributed by atoms with Crippen molar-refractivity contribution in [3.8, 4) is 22.4 Å². The molecular formula is C23H22ClN5. The van der Waals surface area contributed by atoms with Crippen molar-refractivity contribution in [1.29, 1.82) is 0 Å². The van der Waals surface area contributed by atoms with Crippen LogP contribution in [0.15, 0.2) is 66.8 Å². The third kappa shape index (κ3) is 4.35. The second kappa shape index (κ2) is 8.53. The molecule has 0 bridgehead atoms. The number of pyridine rings is 2. The zero-order valence-corrected chi connectivity index (χ0v) is 17.2. The predicted octanol–water partition coefficient (Wildman–Crippen LogP) is 5.12. The molecule has 0 spiro atoms. The molecule has 0 radical (unpaired) electrons. The molecule has 4 rings (SSSR count). The molecular weight excluding hydrogens is 382 g/mol. The topological polar surface area (TPSA) is 63.6 Å². The van der Waals surface area contributed by atoms with E-state index in [0.717, 1.165) is 40.1 Å². The zero-order chi connectivity index (χ0) is 20.2. The molecule has 3 heterocycles. The Bertz CT molecular complexity index is 1090. The number of hydrogen-bond acceptors (Lipinski definition) is 5. The molecule has 0 aromatic carbocycles. The van der Waals surface area contributed by atoms with Crippen molar-refractivity contribution in [2.75, 3.05) is 11.9 Å². The number of aryl methyl sites for hydroxylation is 2. The van der Waals surface area contributed by atoms with E-state index in [1.165, 1.54) is 5.57 Å². The van der Waals surface area contributed by atoms with Crippen molar-refractivity contribution in [2.45, 2.75) is 25.6 Å². The molecule has 1 aliphatic rings. The van der Waals surface area contributed by atoms with E-state index in [2.05, 4.69) is 26.3 Å². The van der Waals surface area contributed by atoms with Crippen LogP contribution in [-0.2, 0) is 0 Å². The van der Waals surface area contributed by atoms with Crippen LogP contribution in [-0.4, -0.2) is 31.9 Å². The lowest BCUT2D eigenvalue weighted by Crippen LogP contribution is -2.12. The maximum Gasteiger partial charge on any atom is 0.223 e. The monoisotopic (exact) mass is 403 g/mol. The third-order valence-electron chi connectivity index (χ3n) is 4.94. The van der Waals surface area contributed by atoms with Crippen LogP contribution in [0.2, 0.25) is 0 Å². The molecule has 29 heavy (non-hydrogen) atoms. The van der Waals surface area contributed by atoms with E-state index in [4.69, 9.17) is 16.6 Å². The number of anilines is 1. The largest absolute Gasteiger partial charge is 0.350 e. The van der Waals surface area contributed by atoms with Gasteiger partial charge in [0, 0.05) is 48.2 Å². The maximum atomic E-state index is 6.22. The van der Waals surface area contributed by atoms with Crippen LogP contribution in [0.1, 0.15) is 17.7 Å². The number of nitrogens with one attached hydrogen (secondary N) is 1. The number of allylic oxidation sites excluding steroid dienone is 3. The Morgan fingerprint density at radius 1 is 1.07 bits per heavy atom. The van der Waals surface area contributed by atoms with Crippen LogP contribution < -0.4 is 5.32 Å². The van der Waals surface area contributed by atoms with Gasteiger partial charge in [0.05, 0.1) is 11.1 Å². The van der Waals surface area contributed by atoms with Gasteiger partial charge in [-0.1, -0.05) is 18.2 Å². The minimum absolute atomic E-state index is 0.0448. The molecule has 0 saturated carbocycles. The van der Waals surface area contributed by atoms with E-state index in [9.17, 15) is 0 Å². The van der Waals surface area contributed by atoms with Crippen molar-refractivity contribution in [2.24, 2.45) is 0 Å². The fourth-order valence-corrected chi connectivity index (χ4v) is 3.68. The quantitative estimate of drug-likeness (QED) is 0.599. The Kier molecular flexibility index (Phi) is 5.67. The van der Waals surface area contributed by atoms with Crippen LogP contribution >= 0.6 is 11.6 Å². The molecule has 3 aromatic heterocycles. The van der Waals surface area contributed by atoms with Crippen molar-refractivity contribution in [3.63, 3.8) is 0 Å². The summed E-state index contributed by atoms with van der Waals surface area (Å²) in [6, 6.07) is 5.97. The number of halogens is 1. The molecule has 1 N–H and O–H groups in total. The lowest BCUT2D eigenvalue weighted by molar-refractivity contribution is 0.931. The first-order valence-corrected chi connectivity index (χ1v) is 9.99. The second-order valence-corrected chi connectivity index (χ2v) is 7.63. The zero-order valence-electron chi connectivity index (χ0n) is 16.4. The van der Waals surface area contributed by atoms with Gasteiger partial charge in [0.2, 0.25) is 5.95 Å². The highest BCUT2D eigenvalue weighted by Crippen LogP contribution is 2.33. The van der Waals surface area contributed by atoms with Gasteiger partial charge in [-0.05, 0) is 55.2 Å². The summed E-state index contributed by atoms with van der Waals surface area (Å²) in [5, 5.41) is 3.39. The summed E-state index contributed by atoms with van der Waals surface area (Å²) in [5.74, 6) is 0.584. The van der Waals surface area contributed by atoms with E-state index in [1.54, 1.807) is 12.4 Å². The van der Waals surface area contributed by atoms with Gasteiger partial charge in [0.15, 0.2) is 0 Å². The highest BCUT2D eigenvalue weighted by atomic mass is 35.5. The summed E-state index contributed by atoms with van der Waals surface area (Å²) in [7, 11) is 0. The average Bonchev–Trinajstić information content (AvgIpc) is 2.73. The number of hydrogen-bond donors (Lipinski definition) is 1. The van der Waals surface area contributed by atoms with Gasteiger partial charge in [-0.25, -0.2) is 9.97 Å². The summed E-state index contributed by atoms with van der Waals surface area (Å²) in [4.78, 5) is 18.1. The standard InChI is InChI=1S/C23H22ClN5/c1-15-12-25-10-8-19(15)21-14-28-23(27-13-17-5-3-6-18(24)11-17)29-22(21)20-7-4-9-26-16(20)2/h3-10,12,14,18H,11,13H2,1-2H3,(H,27,28,29). The molecule has 0 amide bonds. The number of rotatable bonds is 5. The molecule has 6 heteroatoms. The van der Waals surface area contributed by atoms with E-state index in [-0.39, 0.29) is 5.38 Å². The van der Waals surface area contributed by atoms with E-state index < -0.39 is 0 Å². The minimum atomic E-state index is 0.0448. The van der Waals surface area contributed by atoms with Gasteiger partial charge >= 0.3 is 0 Å². The first kappa shape index (κ1) is 19.3. The summed E-state index contributed by atoms with van der Waals surface area (Å²) in [5.41, 5.74) is 7.11. The number of aromatic nitrogens is 4. The van der Waals surface area contributed by atoms with Crippen LogP contribution in [0, 0.1) is 13.8 Å². The van der Waals surface area contributed by atoms with Crippen LogP contribution in [0.5, 0.6) is 0 Å². The Labute approximate surface area is 175 Å². The van der Waals surface area contributed by atoms with E-state index in [0.29, 0.717) is 12.5 Å². The van der Waals surface area contributed by atoms with Crippen molar-refractivity contribution in [3.05, 3.63) is 78.0 Å². The summed E-state index contributed by atoms with van der Waals surface area (Å²) in [6.07, 6.45) is 14.2. The van der Waals surface area contributed by atoms with Gasteiger partial charge < -0.3 is 5.32 Å². The minimum Gasteiger partial charge on any atom is -0.350 e. The number of nitrogens with zero attached hydrogens (tertiary/aromatic N) is 4. The molecule has 0 aliphatic heterocycles. The van der Waals surface area contributed by atoms with Crippen LogP contribution in [0.25, 0.3) is 22.4 Å². The Morgan fingerprint density at radius 2 is 1.97 bits per heavy atom.